The number of rotatable bonds is 1. The average Bonchev–Trinajstić information content (AvgIpc) is 2.22. The first-order chi connectivity index (χ1) is 3.93. The second kappa shape index (κ2) is 1.47. The van der Waals surface area contributed by atoms with Gasteiger partial charge in [-0.3, -0.25) is 0 Å². The van der Waals surface area contributed by atoms with Crippen LogP contribution in [0, 0.1) is 17.8 Å². The number of fused-ring (bicyclic) bond motifs is 1. The van der Waals surface area contributed by atoms with Gasteiger partial charge < -0.3 is 5.73 Å². The van der Waals surface area contributed by atoms with Gasteiger partial charge in [0.2, 0.25) is 0 Å². The largest absolute Gasteiger partial charge is 0.330 e. The Kier molecular flexibility index (Phi) is 0.884. The van der Waals surface area contributed by atoms with Crippen molar-refractivity contribution in [2.45, 2.75) is 19.3 Å². The molecule has 0 aromatic carbocycles. The van der Waals surface area contributed by atoms with E-state index in [9.17, 15) is 0 Å². The zero-order valence-electron chi connectivity index (χ0n) is 5.14. The van der Waals surface area contributed by atoms with Gasteiger partial charge in [-0.25, -0.2) is 0 Å². The van der Waals surface area contributed by atoms with Crippen molar-refractivity contribution < 1.29 is 0 Å². The van der Waals surface area contributed by atoms with E-state index in [2.05, 4.69) is 0 Å². The first-order valence-corrected chi connectivity index (χ1v) is 3.63. The summed E-state index contributed by atoms with van der Waals surface area (Å²) in [6.45, 7) is 0.954. The van der Waals surface area contributed by atoms with Crippen LogP contribution in [0.4, 0.5) is 0 Å². The Morgan fingerprint density at radius 3 is 2.25 bits per heavy atom. The van der Waals surface area contributed by atoms with Gasteiger partial charge >= 0.3 is 0 Å². The summed E-state index contributed by atoms with van der Waals surface area (Å²) in [7, 11) is 0. The Balaban J connectivity index is 1.94. The van der Waals surface area contributed by atoms with Crippen LogP contribution in [0.15, 0.2) is 0 Å². The van der Waals surface area contributed by atoms with Crippen molar-refractivity contribution in [1.82, 2.24) is 0 Å². The van der Waals surface area contributed by atoms with Crippen LogP contribution in [-0.2, 0) is 0 Å². The Morgan fingerprint density at radius 2 is 1.88 bits per heavy atom. The third-order valence-corrected chi connectivity index (χ3v) is 2.86. The molecule has 2 N–H and O–H groups in total. The van der Waals surface area contributed by atoms with Crippen LogP contribution in [0.3, 0.4) is 0 Å². The molecule has 0 radical (unpaired) electrons. The fourth-order valence-corrected chi connectivity index (χ4v) is 2.32. The van der Waals surface area contributed by atoms with Crippen LogP contribution >= 0.6 is 0 Å². The summed E-state index contributed by atoms with van der Waals surface area (Å²) in [6, 6.07) is 0. The molecule has 0 aliphatic heterocycles. The predicted octanol–water partition coefficient (Wildman–Crippen LogP) is 0.991. The van der Waals surface area contributed by atoms with E-state index in [-0.39, 0.29) is 0 Å². The highest BCUT2D eigenvalue weighted by atomic mass is 14.7. The molecule has 2 fully saturated rings. The van der Waals surface area contributed by atoms with Gasteiger partial charge in [0.1, 0.15) is 0 Å². The lowest BCUT2D eigenvalue weighted by molar-refractivity contribution is 0.596. The second-order valence-corrected chi connectivity index (χ2v) is 3.16. The standard InChI is InChI=1S/C7H13N/c8-4-7-5-2-1-3-6(5)7/h5-7H,1-4,8H2/t5-,6+,7+. The maximum Gasteiger partial charge on any atom is -0.00434 e. The van der Waals surface area contributed by atoms with Crippen molar-refractivity contribution in [3.8, 4) is 0 Å². The summed E-state index contributed by atoms with van der Waals surface area (Å²) in [5.74, 6) is 3.09. The van der Waals surface area contributed by atoms with Gasteiger partial charge in [0.05, 0.1) is 0 Å². The Hall–Kier alpha value is -0.0400. The molecular formula is C7H13N. The molecule has 0 unspecified atom stereocenters. The maximum absolute atomic E-state index is 5.52. The maximum atomic E-state index is 5.52. The third kappa shape index (κ3) is 0.455. The summed E-state index contributed by atoms with van der Waals surface area (Å²) in [6.07, 6.45) is 4.44. The molecule has 2 saturated carbocycles. The lowest BCUT2D eigenvalue weighted by atomic mass is 10.1. The fraction of sp³-hybridized carbons (Fsp3) is 1.00. The van der Waals surface area contributed by atoms with Crippen molar-refractivity contribution in [3.05, 3.63) is 0 Å². The van der Waals surface area contributed by atoms with Crippen LogP contribution < -0.4 is 5.73 Å². The Morgan fingerprint density at radius 1 is 1.25 bits per heavy atom. The molecular weight excluding hydrogens is 98.1 g/mol. The Bertz CT molecular complexity index is 83.8. The van der Waals surface area contributed by atoms with Gasteiger partial charge in [-0.05, 0) is 37.1 Å². The van der Waals surface area contributed by atoms with E-state index in [1.54, 1.807) is 0 Å². The van der Waals surface area contributed by atoms with Gasteiger partial charge in [-0.2, -0.15) is 0 Å². The smallest absolute Gasteiger partial charge is 0.00434 e. The molecule has 2 aliphatic rings. The highest BCUT2D eigenvalue weighted by Crippen LogP contribution is 2.56. The quantitative estimate of drug-likeness (QED) is 0.536. The summed E-state index contributed by atoms with van der Waals surface area (Å²) in [5, 5.41) is 0. The molecule has 0 aromatic rings. The molecule has 8 heavy (non-hydrogen) atoms. The fourth-order valence-electron chi connectivity index (χ4n) is 2.32. The van der Waals surface area contributed by atoms with Gasteiger partial charge in [-0.1, -0.05) is 6.42 Å². The Labute approximate surface area is 50.3 Å². The van der Waals surface area contributed by atoms with E-state index in [1.807, 2.05) is 0 Å². The van der Waals surface area contributed by atoms with Crippen molar-refractivity contribution in [2.24, 2.45) is 23.5 Å². The number of nitrogens with two attached hydrogens (primary N) is 1. The second-order valence-electron chi connectivity index (χ2n) is 3.16. The van der Waals surface area contributed by atoms with Crippen molar-refractivity contribution >= 4 is 0 Å². The summed E-state index contributed by atoms with van der Waals surface area (Å²) < 4.78 is 0. The lowest BCUT2D eigenvalue weighted by Crippen LogP contribution is -2.04. The molecule has 0 spiro atoms. The molecule has 0 amide bonds. The molecule has 1 heteroatoms. The lowest BCUT2D eigenvalue weighted by Gasteiger charge is -1.94. The summed E-state index contributed by atoms with van der Waals surface area (Å²) in [4.78, 5) is 0. The summed E-state index contributed by atoms with van der Waals surface area (Å²) in [5.41, 5.74) is 5.52. The van der Waals surface area contributed by atoms with Gasteiger partial charge in [0.25, 0.3) is 0 Å². The molecule has 1 nitrogen and oxygen atoms in total. The van der Waals surface area contributed by atoms with Gasteiger partial charge in [-0.15, -0.1) is 0 Å². The molecule has 2 aliphatic carbocycles. The van der Waals surface area contributed by atoms with Crippen LogP contribution in [0.5, 0.6) is 0 Å². The highest BCUT2D eigenvalue weighted by molar-refractivity contribution is 5.01. The van der Waals surface area contributed by atoms with E-state index in [4.69, 9.17) is 5.73 Å². The minimum atomic E-state index is 0.948. The molecule has 0 aromatic heterocycles. The molecule has 2 rings (SSSR count). The normalized spacial score (nSPS) is 51.4. The van der Waals surface area contributed by atoms with E-state index < -0.39 is 0 Å². The third-order valence-electron chi connectivity index (χ3n) is 2.86. The zero-order valence-corrected chi connectivity index (χ0v) is 5.14. The molecule has 0 heterocycles. The number of hydrogen-bond donors (Lipinski definition) is 1. The van der Waals surface area contributed by atoms with E-state index in [0.29, 0.717) is 0 Å². The van der Waals surface area contributed by atoms with E-state index in [0.717, 1.165) is 24.3 Å². The highest BCUT2D eigenvalue weighted by Gasteiger charge is 2.51. The van der Waals surface area contributed by atoms with Gasteiger partial charge in [0.15, 0.2) is 0 Å². The topological polar surface area (TPSA) is 26.0 Å². The van der Waals surface area contributed by atoms with Crippen LogP contribution in [-0.4, -0.2) is 6.54 Å². The first-order valence-electron chi connectivity index (χ1n) is 3.63. The molecule has 46 valence electrons. The van der Waals surface area contributed by atoms with Crippen molar-refractivity contribution in [1.29, 1.82) is 0 Å². The van der Waals surface area contributed by atoms with Gasteiger partial charge in [0, 0.05) is 0 Å². The monoisotopic (exact) mass is 111 g/mol. The molecule has 0 bridgehead atoms. The first kappa shape index (κ1) is 4.80. The predicted molar refractivity (Wildman–Crippen MR) is 33.4 cm³/mol. The van der Waals surface area contributed by atoms with E-state index in [1.165, 1.54) is 19.3 Å². The van der Waals surface area contributed by atoms with Crippen molar-refractivity contribution in [2.75, 3.05) is 6.54 Å². The minimum Gasteiger partial charge on any atom is -0.330 e. The van der Waals surface area contributed by atoms with Crippen molar-refractivity contribution in [3.63, 3.8) is 0 Å². The number of hydrogen-bond acceptors (Lipinski definition) is 1. The SMILES string of the molecule is NC[C@@H]1[C@H]2CCC[C@@H]12. The zero-order chi connectivity index (χ0) is 5.56. The molecule has 0 saturated heterocycles. The van der Waals surface area contributed by atoms with E-state index >= 15 is 0 Å². The average molecular weight is 111 g/mol. The summed E-state index contributed by atoms with van der Waals surface area (Å²) >= 11 is 0. The van der Waals surface area contributed by atoms with Crippen LogP contribution in [0.2, 0.25) is 0 Å². The van der Waals surface area contributed by atoms with Crippen LogP contribution in [0.1, 0.15) is 19.3 Å². The molecule has 3 atom stereocenters. The minimum absolute atomic E-state index is 0.948. The van der Waals surface area contributed by atoms with Crippen LogP contribution in [0.25, 0.3) is 0 Å².